The molecule has 0 saturated heterocycles. The number of amides is 1. The summed E-state index contributed by atoms with van der Waals surface area (Å²) in [5, 5.41) is 2.58. The molecule has 0 spiro atoms. The van der Waals surface area contributed by atoms with Crippen molar-refractivity contribution in [3.63, 3.8) is 0 Å². The van der Waals surface area contributed by atoms with Crippen molar-refractivity contribution < 1.29 is 19.1 Å². The van der Waals surface area contributed by atoms with Crippen molar-refractivity contribution in [2.24, 2.45) is 0 Å². The van der Waals surface area contributed by atoms with Crippen LogP contribution in [0.5, 0.6) is 0 Å². The summed E-state index contributed by atoms with van der Waals surface area (Å²) in [7, 11) is 0. The van der Waals surface area contributed by atoms with E-state index in [9.17, 15) is 9.59 Å². The smallest absolute Gasteiger partial charge is 0.412 e. The molecule has 1 amide bonds. The second-order valence-corrected chi connectivity index (χ2v) is 4.55. The predicted molar refractivity (Wildman–Crippen MR) is 88.5 cm³/mol. The Balaban J connectivity index is 1.86. The lowest BCUT2D eigenvalue weighted by Crippen LogP contribution is -2.13. The number of carbonyl (C=O) groups is 2. The summed E-state index contributed by atoms with van der Waals surface area (Å²) in [5.74, 6) is 5.02. The van der Waals surface area contributed by atoms with Crippen LogP contribution in [-0.4, -0.2) is 30.3 Å². The number of anilines is 1. The Kier molecular flexibility index (Phi) is 6.35. The zero-order valence-corrected chi connectivity index (χ0v) is 13.1. The topological polar surface area (TPSA) is 77.5 Å². The summed E-state index contributed by atoms with van der Waals surface area (Å²) < 4.78 is 9.84. The Morgan fingerprint density at radius 1 is 1.17 bits per heavy atom. The summed E-state index contributed by atoms with van der Waals surface area (Å²) in [4.78, 5) is 27.1. The summed E-state index contributed by atoms with van der Waals surface area (Å²) >= 11 is 0. The van der Waals surface area contributed by atoms with E-state index in [2.05, 4.69) is 22.1 Å². The molecule has 1 aromatic heterocycles. The molecule has 2 aromatic rings. The number of pyridine rings is 1. The highest BCUT2D eigenvalue weighted by molar-refractivity contribution is 5.89. The lowest BCUT2D eigenvalue weighted by Gasteiger charge is -2.03. The van der Waals surface area contributed by atoms with Crippen LogP contribution in [0.25, 0.3) is 0 Å². The van der Waals surface area contributed by atoms with Crippen LogP contribution in [0, 0.1) is 11.8 Å². The number of rotatable bonds is 4. The van der Waals surface area contributed by atoms with Crippen molar-refractivity contribution in [3.8, 4) is 11.8 Å². The number of para-hydroxylation sites is 1. The standard InChI is InChI=1S/C18H16N2O4/c1-2-23-17(21)15-11-14(12-19-13-15)7-6-10-24-18(22)20-16-8-4-3-5-9-16/h3-5,8-9,11-13H,2,10H2,1H3,(H,20,22). The van der Waals surface area contributed by atoms with Gasteiger partial charge >= 0.3 is 12.1 Å². The third-order valence-corrected chi connectivity index (χ3v) is 2.78. The summed E-state index contributed by atoms with van der Waals surface area (Å²) in [5.41, 5.74) is 1.50. The SMILES string of the molecule is CCOC(=O)c1cncc(C#CCOC(=O)Nc2ccccc2)c1. The van der Waals surface area contributed by atoms with Crippen LogP contribution in [-0.2, 0) is 9.47 Å². The van der Waals surface area contributed by atoms with E-state index in [1.165, 1.54) is 12.4 Å². The molecule has 0 atom stereocenters. The van der Waals surface area contributed by atoms with Crippen LogP contribution >= 0.6 is 0 Å². The van der Waals surface area contributed by atoms with Crippen LogP contribution < -0.4 is 5.32 Å². The minimum Gasteiger partial charge on any atom is -0.462 e. The molecule has 2 rings (SSSR count). The van der Waals surface area contributed by atoms with Crippen LogP contribution in [0.2, 0.25) is 0 Å². The Labute approximate surface area is 139 Å². The average Bonchev–Trinajstić information content (AvgIpc) is 2.60. The lowest BCUT2D eigenvalue weighted by atomic mass is 10.2. The summed E-state index contributed by atoms with van der Waals surface area (Å²) in [6, 6.07) is 10.5. The Morgan fingerprint density at radius 3 is 2.71 bits per heavy atom. The van der Waals surface area contributed by atoms with E-state index in [1.807, 2.05) is 6.07 Å². The Bertz CT molecular complexity index is 763. The molecule has 0 bridgehead atoms. The van der Waals surface area contributed by atoms with Gasteiger partial charge in [0.25, 0.3) is 0 Å². The molecule has 0 unspecified atom stereocenters. The van der Waals surface area contributed by atoms with E-state index in [0.29, 0.717) is 23.4 Å². The number of benzene rings is 1. The number of nitrogens with one attached hydrogen (secondary N) is 1. The van der Waals surface area contributed by atoms with E-state index in [-0.39, 0.29) is 6.61 Å². The first kappa shape index (κ1) is 17.0. The van der Waals surface area contributed by atoms with E-state index in [4.69, 9.17) is 9.47 Å². The maximum absolute atomic E-state index is 11.6. The molecule has 0 aliphatic rings. The van der Waals surface area contributed by atoms with Gasteiger partial charge in [-0.3, -0.25) is 10.3 Å². The predicted octanol–water partition coefficient (Wildman–Crippen LogP) is 2.86. The van der Waals surface area contributed by atoms with E-state index in [0.717, 1.165) is 0 Å². The zero-order chi connectivity index (χ0) is 17.2. The highest BCUT2D eigenvalue weighted by Gasteiger charge is 2.06. The van der Waals surface area contributed by atoms with Crippen LogP contribution in [0.15, 0.2) is 48.8 Å². The molecule has 1 heterocycles. The van der Waals surface area contributed by atoms with Crippen LogP contribution in [0.4, 0.5) is 10.5 Å². The normalized spacial score (nSPS) is 9.38. The first-order valence-electron chi connectivity index (χ1n) is 7.29. The fraction of sp³-hybridized carbons (Fsp3) is 0.167. The largest absolute Gasteiger partial charge is 0.462 e. The number of carbonyl (C=O) groups excluding carboxylic acids is 2. The minimum absolute atomic E-state index is 0.0811. The van der Waals surface area contributed by atoms with Crippen molar-refractivity contribution in [2.75, 3.05) is 18.5 Å². The number of nitrogens with zero attached hydrogens (tertiary/aromatic N) is 1. The Hall–Kier alpha value is -3.33. The molecule has 0 aliphatic heterocycles. The van der Waals surface area contributed by atoms with Crippen molar-refractivity contribution in [1.82, 2.24) is 4.98 Å². The fourth-order valence-corrected chi connectivity index (χ4v) is 1.75. The molecule has 0 saturated carbocycles. The maximum Gasteiger partial charge on any atom is 0.412 e. The van der Waals surface area contributed by atoms with Gasteiger partial charge in [-0.05, 0) is 25.1 Å². The molecule has 0 aliphatic carbocycles. The molecule has 24 heavy (non-hydrogen) atoms. The zero-order valence-electron chi connectivity index (χ0n) is 13.1. The molecule has 1 N–H and O–H groups in total. The first-order chi connectivity index (χ1) is 11.7. The van der Waals surface area contributed by atoms with Gasteiger partial charge in [0, 0.05) is 23.6 Å². The number of hydrogen-bond acceptors (Lipinski definition) is 5. The van der Waals surface area contributed by atoms with Gasteiger partial charge < -0.3 is 9.47 Å². The highest BCUT2D eigenvalue weighted by Crippen LogP contribution is 2.05. The third kappa shape index (κ3) is 5.46. The maximum atomic E-state index is 11.6. The quantitative estimate of drug-likeness (QED) is 0.691. The molecule has 0 fully saturated rings. The molecule has 1 aromatic carbocycles. The highest BCUT2D eigenvalue weighted by atomic mass is 16.5. The van der Waals surface area contributed by atoms with Gasteiger partial charge in [-0.15, -0.1) is 0 Å². The van der Waals surface area contributed by atoms with E-state index >= 15 is 0 Å². The van der Waals surface area contributed by atoms with Gasteiger partial charge in [0.15, 0.2) is 6.61 Å². The third-order valence-electron chi connectivity index (χ3n) is 2.78. The van der Waals surface area contributed by atoms with Gasteiger partial charge in [-0.25, -0.2) is 9.59 Å². The van der Waals surface area contributed by atoms with Gasteiger partial charge in [0.1, 0.15) is 0 Å². The van der Waals surface area contributed by atoms with Crippen molar-refractivity contribution >= 4 is 17.7 Å². The van der Waals surface area contributed by atoms with Crippen molar-refractivity contribution in [3.05, 3.63) is 59.9 Å². The van der Waals surface area contributed by atoms with Gasteiger partial charge in [-0.2, -0.15) is 0 Å². The number of ether oxygens (including phenoxy) is 2. The van der Waals surface area contributed by atoms with Gasteiger partial charge in [0.05, 0.1) is 12.2 Å². The second-order valence-electron chi connectivity index (χ2n) is 4.55. The molecular formula is C18H16N2O4. The number of aromatic nitrogens is 1. The number of esters is 1. The summed E-state index contributed by atoms with van der Waals surface area (Å²) in [6.07, 6.45) is 2.33. The molecular weight excluding hydrogens is 308 g/mol. The summed E-state index contributed by atoms with van der Waals surface area (Å²) in [6.45, 7) is 1.94. The number of hydrogen-bond donors (Lipinski definition) is 1. The van der Waals surface area contributed by atoms with Gasteiger partial charge in [-0.1, -0.05) is 30.0 Å². The molecule has 0 radical (unpaired) electrons. The van der Waals surface area contributed by atoms with Crippen LogP contribution in [0.3, 0.4) is 0 Å². The second kappa shape index (κ2) is 8.96. The van der Waals surface area contributed by atoms with Gasteiger partial charge in [0.2, 0.25) is 0 Å². The molecule has 6 heteroatoms. The van der Waals surface area contributed by atoms with Crippen molar-refractivity contribution in [2.45, 2.75) is 6.92 Å². The minimum atomic E-state index is -0.589. The average molecular weight is 324 g/mol. The lowest BCUT2D eigenvalue weighted by molar-refractivity contribution is 0.0526. The van der Waals surface area contributed by atoms with E-state index in [1.54, 1.807) is 37.3 Å². The van der Waals surface area contributed by atoms with Crippen LogP contribution in [0.1, 0.15) is 22.8 Å². The first-order valence-corrected chi connectivity index (χ1v) is 7.29. The van der Waals surface area contributed by atoms with E-state index < -0.39 is 12.1 Å². The molecule has 6 nitrogen and oxygen atoms in total. The Morgan fingerprint density at radius 2 is 1.96 bits per heavy atom. The van der Waals surface area contributed by atoms with Crippen molar-refractivity contribution in [1.29, 1.82) is 0 Å². The molecule has 122 valence electrons. The fourth-order valence-electron chi connectivity index (χ4n) is 1.75. The monoisotopic (exact) mass is 324 g/mol.